The van der Waals surface area contributed by atoms with Crippen LogP contribution in [0.4, 0.5) is 24.5 Å². The minimum absolute atomic E-state index is 0.0651. The predicted molar refractivity (Wildman–Crippen MR) is 122 cm³/mol. The van der Waals surface area contributed by atoms with Crippen LogP contribution in [0.3, 0.4) is 0 Å². The van der Waals surface area contributed by atoms with E-state index in [0.29, 0.717) is 37.6 Å². The summed E-state index contributed by atoms with van der Waals surface area (Å²) in [6.45, 7) is 2.10. The van der Waals surface area contributed by atoms with E-state index in [2.05, 4.69) is 10.6 Å². The lowest BCUT2D eigenvalue weighted by atomic mass is 10.1. The van der Waals surface area contributed by atoms with Gasteiger partial charge in [0.05, 0.1) is 30.2 Å². The molecule has 0 aromatic heterocycles. The molecule has 1 heterocycles. The van der Waals surface area contributed by atoms with Crippen LogP contribution in [0.25, 0.3) is 6.08 Å². The lowest BCUT2D eigenvalue weighted by Crippen LogP contribution is -2.37. The van der Waals surface area contributed by atoms with Crippen molar-refractivity contribution in [3.05, 3.63) is 65.4 Å². The number of alkyl halides is 3. The van der Waals surface area contributed by atoms with E-state index in [1.807, 2.05) is 0 Å². The van der Waals surface area contributed by atoms with E-state index >= 15 is 0 Å². The zero-order valence-electron chi connectivity index (χ0n) is 18.9. The highest BCUT2D eigenvalue weighted by atomic mass is 19.4. The maximum Gasteiger partial charge on any atom is 0.416 e. The minimum Gasteiger partial charge on any atom is -0.451 e. The van der Waals surface area contributed by atoms with Crippen LogP contribution >= 0.6 is 0 Å². The average molecular weight is 491 g/mol. The average Bonchev–Trinajstić information content (AvgIpc) is 2.82. The minimum atomic E-state index is -4.61. The van der Waals surface area contributed by atoms with Gasteiger partial charge in [0.2, 0.25) is 5.91 Å². The fourth-order valence-electron chi connectivity index (χ4n) is 3.34. The zero-order valence-corrected chi connectivity index (χ0v) is 18.9. The molecule has 2 N–H and O–H groups in total. The fraction of sp³-hybridized carbons (Fsp3) is 0.292. The van der Waals surface area contributed by atoms with Crippen LogP contribution in [0, 0.1) is 0 Å². The molecule has 0 unspecified atom stereocenters. The number of esters is 1. The lowest BCUT2D eigenvalue weighted by Gasteiger charge is -2.31. The summed E-state index contributed by atoms with van der Waals surface area (Å²) in [6.07, 6.45) is -3.23. The summed E-state index contributed by atoms with van der Waals surface area (Å²) >= 11 is 0. The Morgan fingerprint density at radius 1 is 1.09 bits per heavy atom. The molecule has 0 aliphatic carbocycles. The molecule has 35 heavy (non-hydrogen) atoms. The summed E-state index contributed by atoms with van der Waals surface area (Å²) in [7, 11) is 0. The number of rotatable bonds is 7. The van der Waals surface area contributed by atoms with Crippen molar-refractivity contribution >= 4 is 35.2 Å². The van der Waals surface area contributed by atoms with Crippen LogP contribution in [0.1, 0.15) is 18.1 Å². The highest BCUT2D eigenvalue weighted by Gasteiger charge is 2.32. The number of morpholine rings is 1. The van der Waals surface area contributed by atoms with Crippen molar-refractivity contribution in [1.29, 1.82) is 0 Å². The van der Waals surface area contributed by atoms with Crippen molar-refractivity contribution in [3.8, 4) is 0 Å². The summed E-state index contributed by atoms with van der Waals surface area (Å²) in [6, 6.07) is 11.7. The van der Waals surface area contributed by atoms with Crippen LogP contribution in [0.5, 0.6) is 0 Å². The normalized spacial score (nSPS) is 14.3. The van der Waals surface area contributed by atoms with Crippen molar-refractivity contribution in [1.82, 2.24) is 5.32 Å². The van der Waals surface area contributed by atoms with Gasteiger partial charge < -0.3 is 25.0 Å². The van der Waals surface area contributed by atoms with Gasteiger partial charge >= 0.3 is 12.1 Å². The molecule has 1 saturated heterocycles. The van der Waals surface area contributed by atoms with Crippen molar-refractivity contribution in [2.24, 2.45) is 0 Å². The van der Waals surface area contributed by atoms with E-state index in [9.17, 15) is 27.6 Å². The summed E-state index contributed by atoms with van der Waals surface area (Å²) in [5.74, 6) is -2.33. The monoisotopic (exact) mass is 491 g/mol. The summed E-state index contributed by atoms with van der Waals surface area (Å²) < 4.78 is 50.0. The third-order valence-corrected chi connectivity index (χ3v) is 4.93. The Balaban J connectivity index is 1.73. The highest BCUT2D eigenvalue weighted by Crippen LogP contribution is 2.35. The second-order valence-electron chi connectivity index (χ2n) is 7.60. The van der Waals surface area contributed by atoms with Crippen molar-refractivity contribution in [3.63, 3.8) is 0 Å². The van der Waals surface area contributed by atoms with Crippen molar-refractivity contribution in [2.75, 3.05) is 43.1 Å². The first-order valence-electron chi connectivity index (χ1n) is 10.7. The standard InChI is InChI=1S/C24H24F3N3O5/c1-16(31)28-20(13-17-5-3-2-4-6-17)23(33)35-15-22(32)29-19-14-18(24(25,26)27)7-8-21(19)30-9-11-34-12-10-30/h2-8,13-14H,9-12,15H2,1H3,(H,28,31)(H,29,32)/b20-13+. The number of hydrogen-bond acceptors (Lipinski definition) is 6. The van der Waals surface area contributed by atoms with Gasteiger partial charge in [-0.2, -0.15) is 13.2 Å². The quantitative estimate of drug-likeness (QED) is 0.456. The lowest BCUT2D eigenvalue weighted by molar-refractivity contribution is -0.144. The molecular weight excluding hydrogens is 467 g/mol. The van der Waals surface area contributed by atoms with Gasteiger partial charge in [-0.3, -0.25) is 9.59 Å². The van der Waals surface area contributed by atoms with Gasteiger partial charge in [-0.25, -0.2) is 4.79 Å². The predicted octanol–water partition coefficient (Wildman–Crippen LogP) is 3.20. The fourth-order valence-corrected chi connectivity index (χ4v) is 3.34. The van der Waals surface area contributed by atoms with Gasteiger partial charge in [0.1, 0.15) is 5.70 Å². The maximum absolute atomic E-state index is 13.2. The van der Waals surface area contributed by atoms with Crippen molar-refractivity contribution < 1.29 is 37.0 Å². The summed E-state index contributed by atoms with van der Waals surface area (Å²) in [5.41, 5.74) is -0.185. The SMILES string of the molecule is CC(=O)N/C(=C/c1ccccc1)C(=O)OCC(=O)Nc1cc(C(F)(F)F)ccc1N1CCOCC1. The molecule has 0 atom stereocenters. The molecule has 1 fully saturated rings. The number of nitrogens with zero attached hydrogens (tertiary/aromatic N) is 1. The molecule has 0 spiro atoms. The number of halogens is 3. The Morgan fingerprint density at radius 3 is 2.40 bits per heavy atom. The number of amides is 2. The molecule has 186 valence electrons. The van der Waals surface area contributed by atoms with Crippen molar-refractivity contribution in [2.45, 2.75) is 13.1 Å². The van der Waals surface area contributed by atoms with E-state index < -0.39 is 36.1 Å². The van der Waals surface area contributed by atoms with Crippen LogP contribution in [-0.2, 0) is 30.0 Å². The van der Waals surface area contributed by atoms with Crippen LogP contribution in [0.2, 0.25) is 0 Å². The van der Waals surface area contributed by atoms with E-state index in [0.717, 1.165) is 12.1 Å². The van der Waals surface area contributed by atoms with Gasteiger partial charge in [0, 0.05) is 20.0 Å². The smallest absolute Gasteiger partial charge is 0.416 e. The van der Waals surface area contributed by atoms with Gasteiger partial charge in [-0.05, 0) is 29.8 Å². The molecule has 0 radical (unpaired) electrons. The Labute approximate surface area is 199 Å². The van der Waals surface area contributed by atoms with Gasteiger partial charge in [0.15, 0.2) is 6.61 Å². The highest BCUT2D eigenvalue weighted by molar-refractivity contribution is 6.00. The third kappa shape index (κ3) is 7.57. The van der Waals surface area contributed by atoms with Crippen LogP contribution < -0.4 is 15.5 Å². The third-order valence-electron chi connectivity index (χ3n) is 4.93. The molecule has 1 aliphatic heterocycles. The number of carbonyl (C=O) groups excluding carboxylic acids is 3. The number of hydrogen-bond donors (Lipinski definition) is 2. The number of anilines is 2. The number of ether oxygens (including phenoxy) is 2. The molecule has 0 saturated carbocycles. The Kier molecular flexibility index (Phi) is 8.48. The van der Waals surface area contributed by atoms with E-state index in [4.69, 9.17) is 9.47 Å². The molecule has 2 amide bonds. The van der Waals surface area contributed by atoms with Crippen LogP contribution in [0.15, 0.2) is 54.2 Å². The largest absolute Gasteiger partial charge is 0.451 e. The Bertz CT molecular complexity index is 1100. The molecule has 2 aromatic carbocycles. The zero-order chi connectivity index (χ0) is 25.4. The first kappa shape index (κ1) is 25.8. The van der Waals surface area contributed by atoms with E-state index in [-0.39, 0.29) is 11.4 Å². The Morgan fingerprint density at radius 2 is 1.77 bits per heavy atom. The summed E-state index contributed by atoms with van der Waals surface area (Å²) in [5, 5.41) is 4.75. The molecular formula is C24H24F3N3O5. The molecule has 8 nitrogen and oxygen atoms in total. The molecule has 3 rings (SSSR count). The second kappa shape index (κ2) is 11.5. The molecule has 1 aliphatic rings. The molecule has 11 heteroatoms. The number of carbonyl (C=O) groups is 3. The number of nitrogens with one attached hydrogen (secondary N) is 2. The van der Waals surface area contributed by atoms with Gasteiger partial charge in [-0.1, -0.05) is 30.3 Å². The van der Waals surface area contributed by atoms with Gasteiger partial charge in [-0.15, -0.1) is 0 Å². The van der Waals surface area contributed by atoms with Crippen LogP contribution in [-0.4, -0.2) is 50.7 Å². The molecule has 2 aromatic rings. The van der Waals surface area contributed by atoms with E-state index in [1.54, 1.807) is 35.2 Å². The summed E-state index contributed by atoms with van der Waals surface area (Å²) in [4.78, 5) is 38.3. The topological polar surface area (TPSA) is 97.0 Å². The first-order valence-corrected chi connectivity index (χ1v) is 10.7. The van der Waals surface area contributed by atoms with Gasteiger partial charge in [0.25, 0.3) is 5.91 Å². The number of benzene rings is 2. The second-order valence-corrected chi connectivity index (χ2v) is 7.60. The first-order chi connectivity index (χ1) is 16.6. The molecule has 0 bridgehead atoms. The Hall–Kier alpha value is -3.86. The van der Waals surface area contributed by atoms with E-state index in [1.165, 1.54) is 19.1 Å². The maximum atomic E-state index is 13.2.